The molecule has 0 atom stereocenters. The molecule has 0 bridgehead atoms. The van der Waals surface area contributed by atoms with Gasteiger partial charge in [-0.15, -0.1) is 12.4 Å². The number of anilines is 2. The largest absolute Gasteiger partial charge is 0.340 e. The Hall–Kier alpha value is -1.98. The van der Waals surface area contributed by atoms with Crippen LogP contribution >= 0.6 is 24.0 Å². The number of hydrogen-bond acceptors (Lipinski definition) is 4. The first-order chi connectivity index (χ1) is 9.63. The van der Waals surface area contributed by atoms with Crippen molar-refractivity contribution in [2.45, 2.75) is 6.92 Å². The van der Waals surface area contributed by atoms with Crippen LogP contribution in [0, 0.1) is 12.7 Å². The zero-order chi connectivity index (χ0) is 14.1. The molecule has 0 spiro atoms. The van der Waals surface area contributed by atoms with E-state index in [1.807, 2.05) is 13.0 Å². The fraction of sp³-hybridized carbons (Fsp3) is 0.0714. The van der Waals surface area contributed by atoms with Crippen molar-refractivity contribution in [1.82, 2.24) is 15.0 Å². The SMILES string of the molecule is Cc1cc2c(Nc3ccc(F)c(Cl)c3)ncnc2cn1.Cl. The molecule has 1 N–H and O–H groups in total. The summed E-state index contributed by atoms with van der Waals surface area (Å²) in [5.41, 5.74) is 2.26. The fourth-order valence-electron chi connectivity index (χ4n) is 1.87. The van der Waals surface area contributed by atoms with Gasteiger partial charge in [-0.3, -0.25) is 4.98 Å². The number of benzene rings is 1. The molecule has 21 heavy (non-hydrogen) atoms. The Bertz CT molecular complexity index is 795. The van der Waals surface area contributed by atoms with Crippen LogP contribution in [0.5, 0.6) is 0 Å². The van der Waals surface area contributed by atoms with Gasteiger partial charge in [-0.1, -0.05) is 11.6 Å². The van der Waals surface area contributed by atoms with E-state index >= 15 is 0 Å². The summed E-state index contributed by atoms with van der Waals surface area (Å²) in [6.45, 7) is 1.89. The summed E-state index contributed by atoms with van der Waals surface area (Å²) in [5, 5.41) is 4.02. The molecular formula is C14H11Cl2FN4. The summed E-state index contributed by atoms with van der Waals surface area (Å²) >= 11 is 5.77. The number of rotatable bonds is 2. The quantitative estimate of drug-likeness (QED) is 0.763. The standard InChI is InChI=1S/C14H10ClFN4.ClH/c1-8-4-10-13(6-17-8)18-7-19-14(10)20-9-2-3-12(16)11(15)5-9;/h2-7H,1H3,(H,18,19,20);1H. The highest BCUT2D eigenvalue weighted by atomic mass is 35.5. The second-order valence-corrected chi connectivity index (χ2v) is 4.73. The van der Waals surface area contributed by atoms with Gasteiger partial charge in [0.2, 0.25) is 0 Å². The third-order valence-corrected chi connectivity index (χ3v) is 3.13. The molecule has 0 aliphatic carbocycles. The minimum atomic E-state index is -0.454. The molecular weight excluding hydrogens is 314 g/mol. The van der Waals surface area contributed by atoms with Crippen LogP contribution in [0.3, 0.4) is 0 Å². The van der Waals surface area contributed by atoms with Crippen molar-refractivity contribution >= 4 is 46.4 Å². The van der Waals surface area contributed by atoms with E-state index in [4.69, 9.17) is 11.6 Å². The molecule has 2 aromatic heterocycles. The first-order valence-corrected chi connectivity index (χ1v) is 6.31. The zero-order valence-corrected chi connectivity index (χ0v) is 12.5. The van der Waals surface area contributed by atoms with Gasteiger partial charge in [-0.25, -0.2) is 14.4 Å². The highest BCUT2D eigenvalue weighted by molar-refractivity contribution is 6.31. The number of pyridine rings is 1. The molecule has 0 amide bonds. The Balaban J connectivity index is 0.00000161. The molecule has 0 saturated carbocycles. The van der Waals surface area contributed by atoms with Gasteiger partial charge in [0.15, 0.2) is 0 Å². The molecule has 0 aliphatic heterocycles. The van der Waals surface area contributed by atoms with Crippen molar-refractivity contribution in [3.63, 3.8) is 0 Å². The molecule has 0 unspecified atom stereocenters. The lowest BCUT2D eigenvalue weighted by atomic mass is 10.2. The Morgan fingerprint density at radius 2 is 1.95 bits per heavy atom. The third-order valence-electron chi connectivity index (χ3n) is 2.84. The molecule has 0 saturated heterocycles. The number of fused-ring (bicyclic) bond motifs is 1. The fourth-order valence-corrected chi connectivity index (χ4v) is 2.05. The molecule has 108 valence electrons. The maximum atomic E-state index is 13.1. The van der Waals surface area contributed by atoms with Crippen LogP contribution in [0.2, 0.25) is 5.02 Å². The Morgan fingerprint density at radius 1 is 1.14 bits per heavy atom. The molecule has 1 aromatic carbocycles. The van der Waals surface area contributed by atoms with Crippen molar-refractivity contribution in [2.75, 3.05) is 5.32 Å². The smallest absolute Gasteiger partial charge is 0.141 e. The van der Waals surface area contributed by atoms with Crippen molar-refractivity contribution in [3.8, 4) is 0 Å². The predicted octanol–water partition coefficient (Wildman–Crippen LogP) is 4.29. The Labute approximate surface area is 131 Å². The predicted molar refractivity (Wildman–Crippen MR) is 84.0 cm³/mol. The van der Waals surface area contributed by atoms with E-state index in [2.05, 4.69) is 20.3 Å². The second kappa shape index (κ2) is 6.20. The average Bonchev–Trinajstić information content (AvgIpc) is 2.44. The van der Waals surface area contributed by atoms with E-state index in [9.17, 15) is 4.39 Å². The summed E-state index contributed by atoms with van der Waals surface area (Å²) in [5.74, 6) is 0.174. The summed E-state index contributed by atoms with van der Waals surface area (Å²) in [6.07, 6.45) is 3.14. The first-order valence-electron chi connectivity index (χ1n) is 5.93. The zero-order valence-electron chi connectivity index (χ0n) is 11.0. The van der Waals surface area contributed by atoms with Gasteiger partial charge in [-0.05, 0) is 31.2 Å². The maximum Gasteiger partial charge on any atom is 0.141 e. The van der Waals surface area contributed by atoms with Gasteiger partial charge in [-0.2, -0.15) is 0 Å². The minimum absolute atomic E-state index is 0. The van der Waals surface area contributed by atoms with E-state index in [0.29, 0.717) is 11.5 Å². The number of nitrogens with one attached hydrogen (secondary N) is 1. The van der Waals surface area contributed by atoms with Crippen molar-refractivity contribution in [2.24, 2.45) is 0 Å². The lowest BCUT2D eigenvalue weighted by molar-refractivity contribution is 0.628. The minimum Gasteiger partial charge on any atom is -0.340 e. The Kier molecular flexibility index (Phi) is 4.55. The second-order valence-electron chi connectivity index (χ2n) is 4.32. The molecule has 0 radical (unpaired) electrons. The van der Waals surface area contributed by atoms with Crippen LogP contribution in [0.1, 0.15) is 5.69 Å². The van der Waals surface area contributed by atoms with E-state index in [0.717, 1.165) is 16.6 Å². The normalized spacial score (nSPS) is 10.2. The molecule has 2 heterocycles. The summed E-state index contributed by atoms with van der Waals surface area (Å²) in [4.78, 5) is 12.6. The molecule has 7 heteroatoms. The van der Waals surface area contributed by atoms with Gasteiger partial charge in [0.1, 0.15) is 18.0 Å². The van der Waals surface area contributed by atoms with Gasteiger partial charge in [0.25, 0.3) is 0 Å². The summed E-state index contributed by atoms with van der Waals surface area (Å²) in [6, 6.07) is 6.31. The average molecular weight is 325 g/mol. The van der Waals surface area contributed by atoms with Crippen LogP contribution in [0.4, 0.5) is 15.9 Å². The highest BCUT2D eigenvalue weighted by Gasteiger charge is 2.06. The van der Waals surface area contributed by atoms with E-state index in [1.165, 1.54) is 18.5 Å². The molecule has 3 rings (SSSR count). The third kappa shape index (κ3) is 3.20. The van der Waals surface area contributed by atoms with Crippen LogP contribution < -0.4 is 5.32 Å². The van der Waals surface area contributed by atoms with Crippen LogP contribution in [-0.2, 0) is 0 Å². The van der Waals surface area contributed by atoms with Gasteiger partial charge >= 0.3 is 0 Å². The topological polar surface area (TPSA) is 50.7 Å². The van der Waals surface area contributed by atoms with Crippen molar-refractivity contribution < 1.29 is 4.39 Å². The monoisotopic (exact) mass is 324 g/mol. The maximum absolute atomic E-state index is 13.1. The van der Waals surface area contributed by atoms with Crippen LogP contribution in [0.25, 0.3) is 10.9 Å². The Morgan fingerprint density at radius 3 is 2.71 bits per heavy atom. The number of aromatic nitrogens is 3. The summed E-state index contributed by atoms with van der Waals surface area (Å²) < 4.78 is 13.1. The molecule has 4 nitrogen and oxygen atoms in total. The lowest BCUT2D eigenvalue weighted by Crippen LogP contribution is -1.97. The lowest BCUT2D eigenvalue weighted by Gasteiger charge is -2.09. The molecule has 0 fully saturated rings. The summed E-state index contributed by atoms with van der Waals surface area (Å²) in [7, 11) is 0. The van der Waals surface area contributed by atoms with Gasteiger partial charge in [0, 0.05) is 16.8 Å². The first kappa shape index (κ1) is 15.4. The van der Waals surface area contributed by atoms with Gasteiger partial charge < -0.3 is 5.32 Å². The highest BCUT2D eigenvalue weighted by Crippen LogP contribution is 2.25. The number of hydrogen-bond donors (Lipinski definition) is 1. The van der Waals surface area contributed by atoms with Crippen molar-refractivity contribution in [1.29, 1.82) is 0 Å². The van der Waals surface area contributed by atoms with E-state index in [1.54, 1.807) is 12.3 Å². The van der Waals surface area contributed by atoms with Crippen LogP contribution in [-0.4, -0.2) is 15.0 Å². The van der Waals surface area contributed by atoms with E-state index in [-0.39, 0.29) is 17.4 Å². The molecule has 3 aromatic rings. The van der Waals surface area contributed by atoms with Crippen LogP contribution in [0.15, 0.2) is 36.8 Å². The van der Waals surface area contributed by atoms with Crippen molar-refractivity contribution in [3.05, 3.63) is 53.3 Å². The van der Waals surface area contributed by atoms with Gasteiger partial charge in [0.05, 0.1) is 16.7 Å². The van der Waals surface area contributed by atoms with E-state index < -0.39 is 5.82 Å². The number of halogens is 3. The molecule has 0 aliphatic rings. The number of nitrogens with zero attached hydrogens (tertiary/aromatic N) is 3. The number of aryl methyl sites for hydroxylation is 1.